The Morgan fingerprint density at radius 2 is 2.52 bits per heavy atom. The topological polar surface area (TPSA) is 109 Å². The van der Waals surface area contributed by atoms with Gasteiger partial charge in [0.25, 0.3) is 0 Å². The lowest BCUT2D eigenvalue weighted by Gasteiger charge is -2.14. The minimum atomic E-state index is -0.672. The largest absolute Gasteiger partial charge is 0.475 e. The molecule has 0 aromatic carbocycles. The van der Waals surface area contributed by atoms with Gasteiger partial charge in [0.1, 0.15) is 12.2 Å². The Kier molecular flexibility index (Phi) is 4.73. The number of methoxy groups -OCH3 is 1. The van der Waals surface area contributed by atoms with Gasteiger partial charge in [0.05, 0.1) is 18.1 Å². The molecule has 0 spiro atoms. The summed E-state index contributed by atoms with van der Waals surface area (Å²) in [5.41, 5.74) is -0.267. The average Bonchev–Trinajstić information content (AvgIpc) is 3.12. The van der Waals surface area contributed by atoms with E-state index >= 15 is 0 Å². The fourth-order valence-corrected chi connectivity index (χ4v) is 2.12. The molecule has 0 radical (unpaired) electrons. The van der Waals surface area contributed by atoms with Crippen molar-refractivity contribution in [2.24, 2.45) is 0 Å². The summed E-state index contributed by atoms with van der Waals surface area (Å²) in [7, 11) is 1.29. The highest BCUT2D eigenvalue weighted by Gasteiger charge is 2.25. The van der Waals surface area contributed by atoms with Gasteiger partial charge in [0.15, 0.2) is 0 Å². The highest BCUT2D eigenvalue weighted by atomic mass is 16.6. The van der Waals surface area contributed by atoms with Crippen LogP contribution >= 0.6 is 0 Å². The minimum absolute atomic E-state index is 0.0441. The van der Waals surface area contributed by atoms with Crippen LogP contribution in [0.3, 0.4) is 0 Å². The first kappa shape index (κ1) is 15.2. The molecule has 1 fully saturated rings. The van der Waals surface area contributed by atoms with Crippen molar-refractivity contribution >= 4 is 11.6 Å². The van der Waals surface area contributed by atoms with Crippen molar-refractivity contribution in [3.8, 4) is 5.88 Å². The number of nitrogens with one attached hydrogen (secondary N) is 1. The molecule has 1 saturated heterocycles. The van der Waals surface area contributed by atoms with Crippen LogP contribution in [0.2, 0.25) is 0 Å². The summed E-state index contributed by atoms with van der Waals surface area (Å²) in [6.45, 7) is 2.77. The molecule has 2 rings (SSSR count). The number of carbonyl (C=O) groups is 1. The van der Waals surface area contributed by atoms with Crippen LogP contribution in [0.25, 0.3) is 0 Å². The SMILES string of the molecule is COc1nn(C(C)C(=O)NCC2CCCO2)cc1[N+](=O)[O-]. The Morgan fingerprint density at radius 3 is 3.05 bits per heavy atom. The van der Waals surface area contributed by atoms with Gasteiger partial charge in [-0.2, -0.15) is 0 Å². The smallest absolute Gasteiger partial charge is 0.350 e. The predicted molar refractivity (Wildman–Crippen MR) is 72.1 cm³/mol. The first-order valence-electron chi connectivity index (χ1n) is 6.69. The number of hydrogen-bond acceptors (Lipinski definition) is 6. The molecule has 9 nitrogen and oxygen atoms in total. The highest BCUT2D eigenvalue weighted by Crippen LogP contribution is 2.25. The Morgan fingerprint density at radius 1 is 1.76 bits per heavy atom. The molecule has 1 aliphatic heterocycles. The van der Waals surface area contributed by atoms with E-state index in [2.05, 4.69) is 10.4 Å². The van der Waals surface area contributed by atoms with Crippen LogP contribution in [-0.4, -0.2) is 47.0 Å². The fraction of sp³-hybridized carbons (Fsp3) is 0.667. The quantitative estimate of drug-likeness (QED) is 0.610. The molecule has 0 saturated carbocycles. The number of hydrogen-bond donors (Lipinski definition) is 1. The van der Waals surface area contributed by atoms with Crippen LogP contribution in [0.15, 0.2) is 6.20 Å². The molecule has 2 heterocycles. The van der Waals surface area contributed by atoms with Gasteiger partial charge in [-0.05, 0) is 19.8 Å². The fourth-order valence-electron chi connectivity index (χ4n) is 2.12. The summed E-state index contributed by atoms with van der Waals surface area (Å²) < 4.78 is 11.5. The molecule has 21 heavy (non-hydrogen) atoms. The van der Waals surface area contributed by atoms with Crippen molar-refractivity contribution in [2.45, 2.75) is 31.9 Å². The van der Waals surface area contributed by atoms with Crippen LogP contribution in [0.1, 0.15) is 25.8 Å². The van der Waals surface area contributed by atoms with Crippen molar-refractivity contribution in [3.05, 3.63) is 16.3 Å². The molecule has 2 atom stereocenters. The van der Waals surface area contributed by atoms with Crippen molar-refractivity contribution in [1.29, 1.82) is 0 Å². The summed E-state index contributed by atoms with van der Waals surface area (Å²) in [6, 6.07) is -0.672. The zero-order chi connectivity index (χ0) is 15.4. The van der Waals surface area contributed by atoms with Gasteiger partial charge >= 0.3 is 11.6 Å². The van der Waals surface area contributed by atoms with E-state index in [0.717, 1.165) is 19.4 Å². The molecular weight excluding hydrogens is 280 g/mol. The van der Waals surface area contributed by atoms with E-state index in [1.807, 2.05) is 0 Å². The van der Waals surface area contributed by atoms with E-state index in [4.69, 9.17) is 9.47 Å². The Labute approximate surface area is 121 Å². The van der Waals surface area contributed by atoms with Gasteiger partial charge in [-0.3, -0.25) is 14.9 Å². The predicted octanol–water partition coefficient (Wildman–Crippen LogP) is 0.656. The van der Waals surface area contributed by atoms with Crippen LogP contribution in [-0.2, 0) is 9.53 Å². The van der Waals surface area contributed by atoms with E-state index in [1.54, 1.807) is 6.92 Å². The van der Waals surface area contributed by atoms with Crippen molar-refractivity contribution in [3.63, 3.8) is 0 Å². The first-order chi connectivity index (χ1) is 10.0. The van der Waals surface area contributed by atoms with E-state index < -0.39 is 11.0 Å². The minimum Gasteiger partial charge on any atom is -0.475 e. The molecule has 2 unspecified atom stereocenters. The number of ether oxygens (including phenoxy) is 2. The van der Waals surface area contributed by atoms with Crippen molar-refractivity contribution in [2.75, 3.05) is 20.3 Å². The summed E-state index contributed by atoms with van der Waals surface area (Å²) in [6.07, 6.45) is 3.16. The lowest BCUT2D eigenvalue weighted by atomic mass is 10.2. The van der Waals surface area contributed by atoms with Crippen LogP contribution in [0.4, 0.5) is 5.69 Å². The van der Waals surface area contributed by atoms with Crippen molar-refractivity contribution < 1.29 is 19.2 Å². The monoisotopic (exact) mass is 298 g/mol. The summed E-state index contributed by atoms with van der Waals surface area (Å²) in [5, 5.41) is 17.5. The number of nitrogens with zero attached hydrogens (tertiary/aromatic N) is 3. The third-order valence-electron chi connectivity index (χ3n) is 3.37. The second-order valence-electron chi connectivity index (χ2n) is 4.82. The zero-order valence-corrected chi connectivity index (χ0v) is 11.9. The average molecular weight is 298 g/mol. The Hall–Kier alpha value is -2.16. The third-order valence-corrected chi connectivity index (χ3v) is 3.37. The van der Waals surface area contributed by atoms with Gasteiger partial charge in [-0.15, -0.1) is 5.10 Å². The first-order valence-corrected chi connectivity index (χ1v) is 6.69. The number of carbonyl (C=O) groups excluding carboxylic acids is 1. The van der Waals surface area contributed by atoms with Crippen molar-refractivity contribution in [1.82, 2.24) is 15.1 Å². The van der Waals surface area contributed by atoms with Gasteiger partial charge in [0.2, 0.25) is 5.91 Å². The summed E-state index contributed by atoms with van der Waals surface area (Å²) >= 11 is 0. The summed E-state index contributed by atoms with van der Waals surface area (Å²) in [4.78, 5) is 22.3. The number of nitro groups is 1. The van der Waals surface area contributed by atoms with Crippen LogP contribution in [0, 0.1) is 10.1 Å². The molecule has 0 bridgehead atoms. The van der Waals surface area contributed by atoms with Gasteiger partial charge in [-0.1, -0.05) is 0 Å². The number of rotatable bonds is 6. The second kappa shape index (κ2) is 6.53. The van der Waals surface area contributed by atoms with E-state index in [1.165, 1.54) is 18.0 Å². The standard InChI is InChI=1S/C12H18N4O5/c1-8(11(17)13-6-9-4-3-5-21-9)15-7-10(16(18)19)12(14-15)20-2/h7-9H,3-6H2,1-2H3,(H,13,17). The van der Waals surface area contributed by atoms with Gasteiger partial charge < -0.3 is 14.8 Å². The molecule has 116 valence electrons. The number of aromatic nitrogens is 2. The Balaban J connectivity index is 1.99. The third kappa shape index (κ3) is 3.48. The maximum atomic E-state index is 12.0. The maximum Gasteiger partial charge on any atom is 0.350 e. The van der Waals surface area contributed by atoms with E-state index in [0.29, 0.717) is 6.54 Å². The zero-order valence-electron chi connectivity index (χ0n) is 11.9. The molecule has 1 N–H and O–H groups in total. The molecule has 1 amide bonds. The molecule has 0 aliphatic carbocycles. The molecule has 1 aromatic rings. The maximum absolute atomic E-state index is 12.0. The van der Waals surface area contributed by atoms with Gasteiger partial charge in [0, 0.05) is 13.2 Å². The lowest BCUT2D eigenvalue weighted by molar-refractivity contribution is -0.385. The molecule has 9 heteroatoms. The van der Waals surface area contributed by atoms with Crippen LogP contribution < -0.4 is 10.1 Å². The molecule has 1 aliphatic rings. The van der Waals surface area contributed by atoms with E-state index in [9.17, 15) is 14.9 Å². The summed E-state index contributed by atoms with van der Waals surface area (Å²) in [5.74, 6) is -0.385. The molecular formula is C12H18N4O5. The van der Waals surface area contributed by atoms with Gasteiger partial charge in [-0.25, -0.2) is 4.68 Å². The normalized spacial score (nSPS) is 19.2. The van der Waals surface area contributed by atoms with Crippen LogP contribution in [0.5, 0.6) is 5.88 Å². The Bertz CT molecular complexity index is 524. The molecule has 1 aromatic heterocycles. The number of amides is 1. The lowest BCUT2D eigenvalue weighted by Crippen LogP contribution is -2.36. The van der Waals surface area contributed by atoms with E-state index in [-0.39, 0.29) is 23.6 Å². The highest BCUT2D eigenvalue weighted by molar-refractivity contribution is 5.79. The second-order valence-corrected chi connectivity index (χ2v) is 4.82.